The molecule has 23 heavy (non-hydrogen) atoms. The van der Waals surface area contributed by atoms with Gasteiger partial charge >= 0.3 is 11.6 Å². The van der Waals surface area contributed by atoms with Crippen LogP contribution in [0.25, 0.3) is 0 Å². The second-order valence-corrected chi connectivity index (χ2v) is 5.30. The van der Waals surface area contributed by atoms with Crippen molar-refractivity contribution >= 4 is 23.3 Å². The third kappa shape index (κ3) is 3.07. The molecule has 2 rings (SSSR count). The first-order valence-electron chi connectivity index (χ1n) is 6.36. The van der Waals surface area contributed by atoms with Gasteiger partial charge in [0, 0.05) is 18.3 Å². The standard InChI is InChI=1S/C13H12ClF5N2O2/c1-21(10-20-6-7-23-10)9-4-2-8(3-5-9)11(22,12(14,15)16)13(17,18)19/h2-5,22H,6-7H2,1H3. The minimum atomic E-state index is -5.66. The van der Waals surface area contributed by atoms with E-state index in [1.54, 1.807) is 7.05 Å². The van der Waals surface area contributed by atoms with Crippen LogP contribution in [0.5, 0.6) is 0 Å². The molecule has 1 heterocycles. The number of ether oxygens (including phenoxy) is 1. The third-order valence-electron chi connectivity index (χ3n) is 3.35. The predicted octanol–water partition coefficient (Wildman–Crippen LogP) is 3.09. The summed E-state index contributed by atoms with van der Waals surface area (Å²) in [7, 11) is 1.55. The first-order valence-corrected chi connectivity index (χ1v) is 6.73. The van der Waals surface area contributed by atoms with E-state index in [2.05, 4.69) is 16.6 Å². The number of amidine groups is 1. The van der Waals surface area contributed by atoms with Gasteiger partial charge in [0.2, 0.25) is 0 Å². The molecule has 0 bridgehead atoms. The number of halogens is 6. The third-order valence-corrected chi connectivity index (χ3v) is 3.62. The number of alkyl halides is 6. The van der Waals surface area contributed by atoms with Gasteiger partial charge in [-0.15, -0.1) is 0 Å². The fourth-order valence-electron chi connectivity index (χ4n) is 2.05. The molecule has 1 aliphatic rings. The maximum atomic E-state index is 13.2. The van der Waals surface area contributed by atoms with E-state index in [0.717, 1.165) is 24.3 Å². The zero-order chi connectivity index (χ0) is 17.5. The van der Waals surface area contributed by atoms with E-state index in [1.807, 2.05) is 0 Å². The number of anilines is 1. The summed E-state index contributed by atoms with van der Waals surface area (Å²) in [5.41, 5.74) is -5.23. The fraction of sp³-hybridized carbons (Fsp3) is 0.462. The number of hydrogen-bond donors (Lipinski definition) is 1. The molecule has 0 aliphatic carbocycles. The SMILES string of the molecule is CN(C1=NCCO1)c1ccc(C(O)(C(F)(F)F)C(F)(F)Cl)cc1. The van der Waals surface area contributed by atoms with Crippen LogP contribution in [0.4, 0.5) is 27.6 Å². The molecule has 128 valence electrons. The van der Waals surface area contributed by atoms with Crippen LogP contribution in [0.2, 0.25) is 0 Å². The Labute approximate surface area is 133 Å². The van der Waals surface area contributed by atoms with E-state index in [4.69, 9.17) is 4.74 Å². The Morgan fingerprint density at radius 1 is 1.17 bits per heavy atom. The first kappa shape index (κ1) is 17.7. The minimum absolute atomic E-state index is 0.256. The molecule has 0 saturated heterocycles. The molecule has 0 fully saturated rings. The number of rotatable bonds is 3. The lowest BCUT2D eigenvalue weighted by molar-refractivity contribution is -0.317. The molecule has 1 aromatic rings. The zero-order valence-electron chi connectivity index (χ0n) is 11.7. The summed E-state index contributed by atoms with van der Waals surface area (Å²) in [5.74, 6) is 0. The van der Waals surface area contributed by atoms with Crippen molar-refractivity contribution in [2.75, 3.05) is 25.1 Å². The summed E-state index contributed by atoms with van der Waals surface area (Å²) >= 11 is 4.51. The van der Waals surface area contributed by atoms with E-state index in [0.29, 0.717) is 18.8 Å². The van der Waals surface area contributed by atoms with Crippen LogP contribution >= 0.6 is 11.6 Å². The van der Waals surface area contributed by atoms with Crippen molar-refractivity contribution in [2.24, 2.45) is 4.99 Å². The number of aliphatic imine (C=N–C) groups is 1. The minimum Gasteiger partial charge on any atom is -0.463 e. The van der Waals surface area contributed by atoms with Gasteiger partial charge in [-0.25, -0.2) is 4.99 Å². The van der Waals surface area contributed by atoms with Gasteiger partial charge in [-0.1, -0.05) is 12.1 Å². The molecular weight excluding hydrogens is 347 g/mol. The number of aliphatic hydroxyl groups is 1. The largest absolute Gasteiger partial charge is 0.463 e. The van der Waals surface area contributed by atoms with Crippen molar-refractivity contribution in [1.29, 1.82) is 0 Å². The van der Waals surface area contributed by atoms with Gasteiger partial charge in [-0.05, 0) is 23.7 Å². The summed E-state index contributed by atoms with van der Waals surface area (Å²) in [6.07, 6.45) is -5.66. The summed E-state index contributed by atoms with van der Waals surface area (Å²) in [6.45, 7) is 0.827. The van der Waals surface area contributed by atoms with Gasteiger partial charge in [0.25, 0.3) is 11.6 Å². The van der Waals surface area contributed by atoms with E-state index in [-0.39, 0.29) is 6.02 Å². The summed E-state index contributed by atoms with van der Waals surface area (Å²) in [5, 5.41) is 4.59. The van der Waals surface area contributed by atoms with Crippen molar-refractivity contribution in [1.82, 2.24) is 0 Å². The van der Waals surface area contributed by atoms with Crippen molar-refractivity contribution in [3.8, 4) is 0 Å². The second kappa shape index (κ2) is 5.79. The topological polar surface area (TPSA) is 45.1 Å². The monoisotopic (exact) mass is 358 g/mol. The molecule has 1 aliphatic heterocycles. The normalized spacial score (nSPS) is 18.2. The Kier molecular flexibility index (Phi) is 4.46. The highest BCUT2D eigenvalue weighted by Gasteiger charge is 2.69. The smallest absolute Gasteiger partial charge is 0.428 e. The molecule has 0 radical (unpaired) electrons. The summed E-state index contributed by atoms with van der Waals surface area (Å²) in [4.78, 5) is 5.44. The summed E-state index contributed by atoms with van der Waals surface area (Å²) < 4.78 is 70.4. The Bertz CT molecular complexity index is 584. The van der Waals surface area contributed by atoms with Gasteiger partial charge < -0.3 is 9.84 Å². The fourth-order valence-corrected chi connectivity index (χ4v) is 2.27. The molecule has 1 unspecified atom stereocenters. The second-order valence-electron chi connectivity index (χ2n) is 4.82. The maximum Gasteiger partial charge on any atom is 0.428 e. The average Bonchev–Trinajstić information content (AvgIpc) is 2.97. The highest BCUT2D eigenvalue weighted by atomic mass is 35.5. The Balaban J connectivity index is 2.37. The first-order chi connectivity index (χ1) is 10.5. The Morgan fingerprint density at radius 2 is 1.74 bits per heavy atom. The van der Waals surface area contributed by atoms with Gasteiger partial charge in [-0.2, -0.15) is 22.0 Å². The van der Waals surface area contributed by atoms with E-state index < -0.39 is 22.7 Å². The molecule has 0 saturated carbocycles. The Morgan fingerprint density at radius 3 is 2.13 bits per heavy atom. The zero-order valence-corrected chi connectivity index (χ0v) is 12.5. The lowest BCUT2D eigenvalue weighted by Gasteiger charge is -2.34. The van der Waals surface area contributed by atoms with Crippen molar-refractivity contribution in [2.45, 2.75) is 17.2 Å². The Hall–Kier alpha value is -1.61. The van der Waals surface area contributed by atoms with Crippen LogP contribution in [0.3, 0.4) is 0 Å². The highest BCUT2D eigenvalue weighted by molar-refractivity contribution is 6.22. The molecule has 1 atom stereocenters. The number of hydrogen-bond acceptors (Lipinski definition) is 4. The van der Waals surface area contributed by atoms with Crippen molar-refractivity contribution < 1.29 is 31.8 Å². The molecule has 0 aromatic heterocycles. The molecule has 4 nitrogen and oxygen atoms in total. The van der Waals surface area contributed by atoms with Crippen LogP contribution in [-0.4, -0.2) is 42.9 Å². The molecule has 10 heteroatoms. The van der Waals surface area contributed by atoms with E-state index >= 15 is 0 Å². The van der Waals surface area contributed by atoms with Crippen LogP contribution < -0.4 is 4.90 Å². The number of benzene rings is 1. The molecule has 0 spiro atoms. The lowest BCUT2D eigenvalue weighted by atomic mass is 9.93. The van der Waals surface area contributed by atoms with E-state index in [1.165, 1.54) is 4.90 Å². The molecular formula is C13H12ClF5N2O2. The van der Waals surface area contributed by atoms with Crippen LogP contribution in [0.1, 0.15) is 5.56 Å². The van der Waals surface area contributed by atoms with E-state index in [9.17, 15) is 27.1 Å². The number of nitrogens with zero attached hydrogens (tertiary/aromatic N) is 2. The predicted molar refractivity (Wildman–Crippen MR) is 73.9 cm³/mol. The highest BCUT2D eigenvalue weighted by Crippen LogP contribution is 2.51. The van der Waals surface area contributed by atoms with Crippen LogP contribution in [0, 0.1) is 0 Å². The van der Waals surface area contributed by atoms with Gasteiger partial charge in [0.05, 0.1) is 6.54 Å². The maximum absolute atomic E-state index is 13.2. The summed E-state index contributed by atoms with van der Waals surface area (Å²) in [6, 6.07) is 3.96. The van der Waals surface area contributed by atoms with Crippen LogP contribution in [0.15, 0.2) is 29.3 Å². The molecule has 0 amide bonds. The van der Waals surface area contributed by atoms with Gasteiger partial charge in [0.15, 0.2) is 0 Å². The van der Waals surface area contributed by atoms with Gasteiger partial charge in [0.1, 0.15) is 6.61 Å². The average molecular weight is 359 g/mol. The molecule has 1 N–H and O–H groups in total. The molecule has 1 aromatic carbocycles. The van der Waals surface area contributed by atoms with Gasteiger partial charge in [-0.3, -0.25) is 4.90 Å². The van der Waals surface area contributed by atoms with Crippen molar-refractivity contribution in [3.63, 3.8) is 0 Å². The quantitative estimate of drug-likeness (QED) is 0.667. The van der Waals surface area contributed by atoms with Crippen molar-refractivity contribution in [3.05, 3.63) is 29.8 Å². The van der Waals surface area contributed by atoms with Crippen LogP contribution in [-0.2, 0) is 10.3 Å². The lowest BCUT2D eigenvalue weighted by Crippen LogP contribution is -2.53.